The van der Waals surface area contributed by atoms with Gasteiger partial charge in [-0.1, -0.05) is 41.9 Å². The van der Waals surface area contributed by atoms with Crippen LogP contribution in [-0.2, 0) is 17.8 Å². The highest BCUT2D eigenvalue weighted by Gasteiger charge is 2.27. The highest BCUT2D eigenvalue weighted by Crippen LogP contribution is 2.30. The zero-order valence-corrected chi connectivity index (χ0v) is 15.4. The third kappa shape index (κ3) is 2.93. The fraction of sp³-hybridized carbons (Fsp3) is 0.150. The minimum atomic E-state index is -0.507. The Labute approximate surface area is 161 Å². The lowest BCUT2D eigenvalue weighted by atomic mass is 10.0. The molecule has 2 aromatic carbocycles. The lowest BCUT2D eigenvalue weighted by Crippen LogP contribution is -2.11. The number of imidazole rings is 1. The zero-order valence-electron chi connectivity index (χ0n) is 14.6. The number of hydrogen-bond acceptors (Lipinski definition) is 5. The van der Waals surface area contributed by atoms with Gasteiger partial charge in [-0.05, 0) is 18.2 Å². The number of rotatable bonds is 3. The number of aromatic nitrogens is 2. The first-order chi connectivity index (χ1) is 13.1. The van der Waals surface area contributed by atoms with Crippen molar-refractivity contribution in [3.63, 3.8) is 0 Å². The fourth-order valence-corrected chi connectivity index (χ4v) is 3.48. The smallest absolute Gasteiger partial charge is 0.358 e. The van der Waals surface area contributed by atoms with Crippen molar-refractivity contribution in [3.8, 4) is 5.69 Å². The average molecular weight is 381 g/mol. The van der Waals surface area contributed by atoms with Crippen LogP contribution >= 0.6 is 11.6 Å². The van der Waals surface area contributed by atoms with Gasteiger partial charge in [0.1, 0.15) is 5.82 Å². The Hall–Kier alpha value is -2.96. The van der Waals surface area contributed by atoms with Crippen LogP contribution in [0.1, 0.15) is 33.1 Å². The summed E-state index contributed by atoms with van der Waals surface area (Å²) in [5.74, 6) is 0.0609. The molecule has 27 heavy (non-hydrogen) atoms. The summed E-state index contributed by atoms with van der Waals surface area (Å²) in [5.41, 5.74) is 10.3. The van der Waals surface area contributed by atoms with Crippen LogP contribution in [0.3, 0.4) is 0 Å². The Morgan fingerprint density at radius 2 is 2.04 bits per heavy atom. The largest absolute Gasteiger partial charge is 0.464 e. The van der Waals surface area contributed by atoms with Crippen LogP contribution < -0.4 is 5.73 Å². The Kier molecular flexibility index (Phi) is 4.51. The number of esters is 1. The molecule has 0 atom stereocenters. The lowest BCUT2D eigenvalue weighted by molar-refractivity contribution is 0.0593. The zero-order chi connectivity index (χ0) is 19.0. The molecule has 0 amide bonds. The molecule has 2 heterocycles. The van der Waals surface area contributed by atoms with Crippen molar-refractivity contribution in [3.05, 3.63) is 81.9 Å². The Morgan fingerprint density at radius 3 is 2.74 bits per heavy atom. The SMILES string of the molecule is COC(=O)c1nc(CN)n2c1CN=C(c1ccccc1)c1cc(Cl)ccc1-2. The topological polar surface area (TPSA) is 82.5 Å². The van der Waals surface area contributed by atoms with Crippen LogP contribution in [0, 0.1) is 0 Å². The summed E-state index contributed by atoms with van der Waals surface area (Å²) in [6.45, 7) is 0.445. The van der Waals surface area contributed by atoms with Gasteiger partial charge in [0.2, 0.25) is 0 Å². The van der Waals surface area contributed by atoms with E-state index < -0.39 is 5.97 Å². The van der Waals surface area contributed by atoms with Gasteiger partial charge in [-0.2, -0.15) is 0 Å². The molecule has 0 unspecified atom stereocenters. The standard InChI is InChI=1S/C20H17ClN4O2/c1-27-20(26)19-16-11-23-18(12-5-3-2-4-6-12)14-9-13(21)7-8-15(14)25(16)17(10-22)24-19/h2-9H,10-11,22H2,1H3. The van der Waals surface area contributed by atoms with E-state index in [2.05, 4.69) is 4.98 Å². The van der Waals surface area contributed by atoms with E-state index in [1.54, 1.807) is 6.07 Å². The van der Waals surface area contributed by atoms with Crippen LogP contribution in [0.25, 0.3) is 5.69 Å². The molecular formula is C20H17ClN4O2. The number of carbonyl (C=O) groups is 1. The van der Waals surface area contributed by atoms with Gasteiger partial charge >= 0.3 is 5.97 Å². The van der Waals surface area contributed by atoms with E-state index in [9.17, 15) is 4.79 Å². The quantitative estimate of drug-likeness (QED) is 0.708. The Morgan fingerprint density at radius 1 is 1.26 bits per heavy atom. The summed E-state index contributed by atoms with van der Waals surface area (Å²) in [6, 6.07) is 15.4. The van der Waals surface area contributed by atoms with Gasteiger partial charge in [0.05, 0.1) is 37.3 Å². The predicted octanol–water partition coefficient (Wildman–Crippen LogP) is 3.12. The highest BCUT2D eigenvalue weighted by atomic mass is 35.5. The molecule has 1 aliphatic rings. The third-order valence-corrected chi connectivity index (χ3v) is 4.73. The summed E-state index contributed by atoms with van der Waals surface area (Å²) in [6.07, 6.45) is 0. The van der Waals surface area contributed by atoms with Crippen LogP contribution in [0.15, 0.2) is 53.5 Å². The number of nitrogens with zero attached hydrogens (tertiary/aromatic N) is 3. The third-order valence-electron chi connectivity index (χ3n) is 4.49. The molecule has 0 saturated heterocycles. The molecular weight excluding hydrogens is 364 g/mol. The average Bonchev–Trinajstić information content (AvgIpc) is 2.98. The summed E-state index contributed by atoms with van der Waals surface area (Å²) in [7, 11) is 1.33. The normalized spacial score (nSPS) is 12.6. The first kappa shape index (κ1) is 17.5. The second-order valence-electron chi connectivity index (χ2n) is 6.05. The highest BCUT2D eigenvalue weighted by molar-refractivity contribution is 6.31. The number of fused-ring (bicyclic) bond motifs is 3. The first-order valence-corrected chi connectivity index (χ1v) is 8.81. The molecule has 0 aliphatic carbocycles. The minimum Gasteiger partial charge on any atom is -0.464 e. The van der Waals surface area contributed by atoms with Gasteiger partial charge in [-0.15, -0.1) is 0 Å². The van der Waals surface area contributed by atoms with Crippen molar-refractivity contribution < 1.29 is 9.53 Å². The molecule has 0 radical (unpaired) electrons. The molecule has 0 bridgehead atoms. The Bertz CT molecular complexity index is 1060. The molecule has 0 saturated carbocycles. The van der Waals surface area contributed by atoms with Crippen molar-refractivity contribution >= 4 is 23.3 Å². The second kappa shape index (κ2) is 6.98. The molecule has 3 aromatic rings. The molecule has 0 fully saturated rings. The van der Waals surface area contributed by atoms with Crippen LogP contribution in [0.2, 0.25) is 5.02 Å². The van der Waals surface area contributed by atoms with Gasteiger partial charge in [0.15, 0.2) is 5.69 Å². The maximum Gasteiger partial charge on any atom is 0.358 e. The summed E-state index contributed by atoms with van der Waals surface area (Å²) in [5, 5.41) is 0.600. The van der Waals surface area contributed by atoms with Crippen LogP contribution in [-0.4, -0.2) is 28.3 Å². The number of halogens is 1. The van der Waals surface area contributed by atoms with E-state index in [0.717, 1.165) is 22.5 Å². The summed E-state index contributed by atoms with van der Waals surface area (Å²) < 4.78 is 6.78. The lowest BCUT2D eigenvalue weighted by Gasteiger charge is -2.14. The van der Waals surface area contributed by atoms with Gasteiger partial charge < -0.3 is 10.5 Å². The monoisotopic (exact) mass is 380 g/mol. The number of nitrogens with two attached hydrogens (primary N) is 1. The van der Waals surface area contributed by atoms with E-state index in [1.165, 1.54) is 7.11 Å². The van der Waals surface area contributed by atoms with Crippen LogP contribution in [0.5, 0.6) is 0 Å². The molecule has 1 aromatic heterocycles. The molecule has 136 valence electrons. The van der Waals surface area contributed by atoms with E-state index in [-0.39, 0.29) is 18.8 Å². The van der Waals surface area contributed by atoms with E-state index in [0.29, 0.717) is 16.5 Å². The van der Waals surface area contributed by atoms with Crippen molar-refractivity contribution in [1.29, 1.82) is 0 Å². The molecule has 4 rings (SSSR count). The summed E-state index contributed by atoms with van der Waals surface area (Å²) in [4.78, 5) is 21.4. The minimum absolute atomic E-state index is 0.173. The second-order valence-corrected chi connectivity index (χ2v) is 6.48. The van der Waals surface area contributed by atoms with E-state index in [1.807, 2.05) is 47.0 Å². The molecule has 2 N–H and O–H groups in total. The van der Waals surface area contributed by atoms with E-state index in [4.69, 9.17) is 27.1 Å². The number of hydrogen-bond donors (Lipinski definition) is 1. The maximum absolute atomic E-state index is 12.2. The molecule has 6 nitrogen and oxygen atoms in total. The van der Waals surface area contributed by atoms with E-state index >= 15 is 0 Å². The number of methoxy groups -OCH3 is 1. The Balaban J connectivity index is 2.02. The summed E-state index contributed by atoms with van der Waals surface area (Å²) >= 11 is 6.28. The first-order valence-electron chi connectivity index (χ1n) is 8.43. The number of benzene rings is 2. The predicted molar refractivity (Wildman–Crippen MR) is 104 cm³/mol. The molecule has 7 heteroatoms. The van der Waals surface area contributed by atoms with Crippen molar-refractivity contribution in [2.45, 2.75) is 13.1 Å². The fourth-order valence-electron chi connectivity index (χ4n) is 3.31. The number of ether oxygens (including phenoxy) is 1. The van der Waals surface area contributed by atoms with Crippen molar-refractivity contribution in [2.75, 3.05) is 7.11 Å². The van der Waals surface area contributed by atoms with Crippen molar-refractivity contribution in [1.82, 2.24) is 9.55 Å². The molecule has 0 spiro atoms. The maximum atomic E-state index is 12.2. The number of carbonyl (C=O) groups excluding carboxylic acids is 1. The van der Waals surface area contributed by atoms with Gasteiger partial charge in [-0.3, -0.25) is 9.56 Å². The van der Waals surface area contributed by atoms with Crippen molar-refractivity contribution in [2.24, 2.45) is 10.7 Å². The van der Waals surface area contributed by atoms with Crippen LogP contribution in [0.4, 0.5) is 0 Å². The van der Waals surface area contributed by atoms with Gasteiger partial charge in [-0.25, -0.2) is 9.78 Å². The number of aliphatic imine (C=N–C) groups is 1. The van der Waals surface area contributed by atoms with Gasteiger partial charge in [0.25, 0.3) is 0 Å². The van der Waals surface area contributed by atoms with Gasteiger partial charge in [0, 0.05) is 16.1 Å². The molecule has 1 aliphatic heterocycles.